The fourth-order valence-electron chi connectivity index (χ4n) is 2.31. The number of nitrogens with two attached hydrogens (primary N) is 1. The molecule has 2 atom stereocenters. The van der Waals surface area contributed by atoms with Crippen molar-refractivity contribution in [2.24, 2.45) is 0 Å². The molecule has 0 spiro atoms. The van der Waals surface area contributed by atoms with Gasteiger partial charge in [0.05, 0.1) is 11.6 Å². The van der Waals surface area contributed by atoms with Crippen LogP contribution in [0, 0.1) is 11.3 Å². The topological polar surface area (TPSA) is 69.5 Å². The van der Waals surface area contributed by atoms with Crippen LogP contribution in [0.1, 0.15) is 31.0 Å². The normalized spacial score (nSPS) is 13.0. The van der Waals surface area contributed by atoms with Gasteiger partial charge in [-0.1, -0.05) is 36.4 Å². The Hall–Kier alpha value is -2.64. The van der Waals surface area contributed by atoms with Crippen LogP contribution in [-0.2, 0) is 4.79 Å². The van der Waals surface area contributed by atoms with Gasteiger partial charge in [-0.3, -0.25) is 4.79 Å². The number of nitrogens with one attached hydrogen (secondary N) is 1. The first-order chi connectivity index (χ1) is 10.6. The summed E-state index contributed by atoms with van der Waals surface area (Å²) >= 11 is 0. The fourth-order valence-corrected chi connectivity index (χ4v) is 2.31. The van der Waals surface area contributed by atoms with Gasteiger partial charge in [0.1, 0.15) is 6.04 Å². The predicted octanol–water partition coefficient (Wildman–Crippen LogP) is 2.21. The van der Waals surface area contributed by atoms with Gasteiger partial charge in [0.25, 0.3) is 5.91 Å². The number of carbonyl (C=O) groups excluding carboxylic acids is 1. The van der Waals surface area contributed by atoms with E-state index in [4.69, 9.17) is 5.26 Å². The van der Waals surface area contributed by atoms with Gasteiger partial charge in [0, 0.05) is 11.3 Å². The third-order valence-electron chi connectivity index (χ3n) is 3.58. The van der Waals surface area contributed by atoms with Crippen molar-refractivity contribution in [3.05, 3.63) is 65.7 Å². The Morgan fingerprint density at radius 1 is 1.14 bits per heavy atom. The molecular weight excluding hydrogens is 274 g/mol. The molecule has 22 heavy (non-hydrogen) atoms. The average molecular weight is 294 g/mol. The maximum atomic E-state index is 12.3. The minimum absolute atomic E-state index is 0.0714. The number of rotatable bonds is 5. The lowest BCUT2D eigenvalue weighted by molar-refractivity contribution is -0.709. The third kappa shape index (κ3) is 4.18. The molecular formula is C18H20N3O+. The number of nitriles is 1. The van der Waals surface area contributed by atoms with Gasteiger partial charge in [-0.15, -0.1) is 0 Å². The van der Waals surface area contributed by atoms with E-state index in [2.05, 4.69) is 30.4 Å². The lowest BCUT2D eigenvalue weighted by Crippen LogP contribution is -2.91. The molecule has 4 nitrogen and oxygen atoms in total. The molecule has 2 aromatic rings. The van der Waals surface area contributed by atoms with Gasteiger partial charge < -0.3 is 10.6 Å². The molecule has 3 N–H and O–H groups in total. The van der Waals surface area contributed by atoms with Crippen molar-refractivity contribution >= 4 is 11.6 Å². The number of hydrogen-bond acceptors (Lipinski definition) is 2. The van der Waals surface area contributed by atoms with Crippen LogP contribution in [0.2, 0.25) is 0 Å². The van der Waals surface area contributed by atoms with E-state index in [1.165, 1.54) is 5.56 Å². The number of quaternary nitrogens is 1. The van der Waals surface area contributed by atoms with Crippen LogP contribution in [0.15, 0.2) is 54.6 Å². The first kappa shape index (κ1) is 15.7. The number of nitrogens with zero attached hydrogens (tertiary/aromatic N) is 1. The molecule has 0 fully saturated rings. The molecule has 0 aliphatic rings. The molecule has 2 aromatic carbocycles. The summed E-state index contributed by atoms with van der Waals surface area (Å²) in [6.07, 6.45) is 0. The fraction of sp³-hybridized carbons (Fsp3) is 0.222. The monoisotopic (exact) mass is 294 g/mol. The first-order valence-corrected chi connectivity index (χ1v) is 7.31. The molecule has 0 aliphatic heterocycles. The van der Waals surface area contributed by atoms with E-state index in [1.54, 1.807) is 24.3 Å². The van der Waals surface area contributed by atoms with E-state index in [0.29, 0.717) is 11.3 Å². The Balaban J connectivity index is 1.96. The standard InChI is InChI=1S/C18H19N3O/c1-13(16-8-4-3-5-9-16)20-14(2)18(22)21-17-10-6-7-15(11-17)12-19/h3-11,13-14,20H,1-2H3,(H,21,22)/p+1/t13-,14-/m0/s1. The zero-order valence-electron chi connectivity index (χ0n) is 12.8. The maximum Gasteiger partial charge on any atom is 0.282 e. The SMILES string of the molecule is C[C@H]([NH2+][C@@H](C)c1ccccc1)C(=O)Nc1cccc(C#N)c1. The molecule has 0 radical (unpaired) electrons. The van der Waals surface area contributed by atoms with Gasteiger partial charge in [0.2, 0.25) is 0 Å². The van der Waals surface area contributed by atoms with Gasteiger partial charge >= 0.3 is 0 Å². The minimum Gasteiger partial charge on any atom is -0.330 e. The average Bonchev–Trinajstić information content (AvgIpc) is 2.55. The van der Waals surface area contributed by atoms with Crippen LogP contribution in [-0.4, -0.2) is 11.9 Å². The lowest BCUT2D eigenvalue weighted by atomic mass is 10.1. The Labute approximate surface area is 130 Å². The summed E-state index contributed by atoms with van der Waals surface area (Å²) in [6, 6.07) is 19.1. The van der Waals surface area contributed by atoms with Crippen LogP contribution >= 0.6 is 0 Å². The predicted molar refractivity (Wildman–Crippen MR) is 86.0 cm³/mol. The van der Waals surface area contributed by atoms with Crippen molar-refractivity contribution in [3.8, 4) is 6.07 Å². The first-order valence-electron chi connectivity index (χ1n) is 7.31. The summed E-state index contributed by atoms with van der Waals surface area (Å²) < 4.78 is 0. The Morgan fingerprint density at radius 3 is 2.55 bits per heavy atom. The minimum atomic E-state index is -0.221. The quantitative estimate of drug-likeness (QED) is 0.887. The molecule has 0 heterocycles. The van der Waals surface area contributed by atoms with Crippen LogP contribution < -0.4 is 10.6 Å². The van der Waals surface area contributed by atoms with E-state index in [9.17, 15) is 4.79 Å². The van der Waals surface area contributed by atoms with Crippen LogP contribution in [0.25, 0.3) is 0 Å². The zero-order chi connectivity index (χ0) is 15.9. The molecule has 1 amide bonds. The van der Waals surface area contributed by atoms with Crippen molar-refractivity contribution in [1.82, 2.24) is 0 Å². The second kappa shape index (κ2) is 7.39. The van der Waals surface area contributed by atoms with Crippen LogP contribution in [0.3, 0.4) is 0 Å². The molecule has 0 bridgehead atoms. The lowest BCUT2D eigenvalue weighted by Gasteiger charge is -2.17. The smallest absolute Gasteiger partial charge is 0.282 e. The van der Waals surface area contributed by atoms with Gasteiger partial charge in [-0.05, 0) is 32.0 Å². The summed E-state index contributed by atoms with van der Waals surface area (Å²) in [5.74, 6) is -0.0714. The highest BCUT2D eigenvalue weighted by molar-refractivity contribution is 5.93. The molecule has 0 aliphatic carbocycles. The van der Waals surface area contributed by atoms with E-state index < -0.39 is 0 Å². The largest absolute Gasteiger partial charge is 0.330 e. The van der Waals surface area contributed by atoms with Crippen LogP contribution in [0.4, 0.5) is 5.69 Å². The molecule has 0 unspecified atom stereocenters. The van der Waals surface area contributed by atoms with Crippen LogP contribution in [0.5, 0.6) is 0 Å². The highest BCUT2D eigenvalue weighted by Gasteiger charge is 2.20. The number of carbonyl (C=O) groups is 1. The molecule has 0 aromatic heterocycles. The molecule has 0 saturated heterocycles. The van der Waals surface area contributed by atoms with Crippen molar-refractivity contribution < 1.29 is 10.1 Å². The number of benzene rings is 2. The second-order valence-corrected chi connectivity index (χ2v) is 5.36. The second-order valence-electron chi connectivity index (χ2n) is 5.36. The van der Waals surface area contributed by atoms with Crippen molar-refractivity contribution in [2.75, 3.05) is 5.32 Å². The summed E-state index contributed by atoms with van der Waals surface area (Å²) in [5, 5.41) is 13.8. The van der Waals surface area contributed by atoms with E-state index >= 15 is 0 Å². The molecule has 112 valence electrons. The maximum absolute atomic E-state index is 12.3. The summed E-state index contributed by atoms with van der Waals surface area (Å²) in [4.78, 5) is 12.3. The number of hydrogen-bond donors (Lipinski definition) is 2. The van der Waals surface area contributed by atoms with E-state index in [1.807, 2.05) is 30.4 Å². The van der Waals surface area contributed by atoms with E-state index in [0.717, 1.165) is 0 Å². The molecule has 0 saturated carbocycles. The van der Waals surface area contributed by atoms with Gasteiger partial charge in [-0.25, -0.2) is 0 Å². The molecule has 4 heteroatoms. The summed E-state index contributed by atoms with van der Waals surface area (Å²) in [7, 11) is 0. The van der Waals surface area contributed by atoms with Gasteiger partial charge in [0.15, 0.2) is 6.04 Å². The van der Waals surface area contributed by atoms with E-state index in [-0.39, 0.29) is 18.0 Å². The third-order valence-corrected chi connectivity index (χ3v) is 3.58. The number of amides is 1. The Morgan fingerprint density at radius 2 is 1.86 bits per heavy atom. The summed E-state index contributed by atoms with van der Waals surface area (Å²) in [5.41, 5.74) is 2.37. The molecule has 2 rings (SSSR count). The van der Waals surface area contributed by atoms with Crippen molar-refractivity contribution in [1.29, 1.82) is 5.26 Å². The highest BCUT2D eigenvalue weighted by atomic mass is 16.2. The zero-order valence-corrected chi connectivity index (χ0v) is 12.8. The Bertz CT molecular complexity index is 676. The number of anilines is 1. The van der Waals surface area contributed by atoms with Crippen molar-refractivity contribution in [3.63, 3.8) is 0 Å². The highest BCUT2D eigenvalue weighted by Crippen LogP contribution is 2.10. The van der Waals surface area contributed by atoms with Gasteiger partial charge in [-0.2, -0.15) is 5.26 Å². The summed E-state index contributed by atoms with van der Waals surface area (Å²) in [6.45, 7) is 3.96. The Kier molecular flexibility index (Phi) is 5.29. The van der Waals surface area contributed by atoms with Crippen molar-refractivity contribution in [2.45, 2.75) is 25.9 Å².